The van der Waals surface area contributed by atoms with Crippen LogP contribution in [0.1, 0.15) is 49.5 Å². The Labute approximate surface area is 119 Å². The lowest BCUT2D eigenvalue weighted by Crippen LogP contribution is -2.08. The molecule has 1 aromatic carbocycles. The van der Waals surface area contributed by atoms with Crippen LogP contribution in [0.15, 0.2) is 36.8 Å². The average Bonchev–Trinajstić information content (AvgIpc) is 3.23. The van der Waals surface area contributed by atoms with E-state index < -0.39 is 0 Å². The van der Waals surface area contributed by atoms with Crippen LogP contribution in [0.5, 0.6) is 5.75 Å². The van der Waals surface area contributed by atoms with Crippen molar-refractivity contribution in [2.75, 3.05) is 0 Å². The van der Waals surface area contributed by atoms with Crippen LogP contribution in [0.3, 0.4) is 0 Å². The molecule has 106 valence electrons. The molecule has 0 bridgehead atoms. The van der Waals surface area contributed by atoms with Crippen LogP contribution in [0.2, 0.25) is 0 Å². The third-order valence-electron chi connectivity index (χ3n) is 3.82. The number of nitrogens with two attached hydrogens (primary N) is 1. The van der Waals surface area contributed by atoms with E-state index in [0.717, 1.165) is 23.4 Å². The lowest BCUT2D eigenvalue weighted by Gasteiger charge is -2.11. The number of nitrogens with zero attached hydrogens (tertiary/aromatic N) is 2. The minimum absolute atomic E-state index is 0.111. The highest BCUT2D eigenvalue weighted by Crippen LogP contribution is 2.35. The van der Waals surface area contributed by atoms with Crippen molar-refractivity contribution < 1.29 is 4.74 Å². The molecule has 2 N–H and O–H groups in total. The molecule has 20 heavy (non-hydrogen) atoms. The van der Waals surface area contributed by atoms with E-state index in [1.807, 2.05) is 36.8 Å². The van der Waals surface area contributed by atoms with E-state index in [9.17, 15) is 0 Å². The Balaban J connectivity index is 1.61. The first-order valence-electron chi connectivity index (χ1n) is 7.27. The van der Waals surface area contributed by atoms with Gasteiger partial charge in [0.25, 0.3) is 0 Å². The van der Waals surface area contributed by atoms with Crippen LogP contribution >= 0.6 is 0 Å². The van der Waals surface area contributed by atoms with Gasteiger partial charge in [0.05, 0.1) is 18.2 Å². The summed E-state index contributed by atoms with van der Waals surface area (Å²) in [6, 6.07) is 8.82. The van der Waals surface area contributed by atoms with Gasteiger partial charge < -0.3 is 15.0 Å². The van der Waals surface area contributed by atoms with Crippen LogP contribution in [0.25, 0.3) is 0 Å². The highest BCUT2D eigenvalue weighted by Gasteiger charge is 2.25. The van der Waals surface area contributed by atoms with E-state index >= 15 is 0 Å². The molecule has 3 rings (SSSR count). The topological polar surface area (TPSA) is 53.1 Å². The van der Waals surface area contributed by atoms with Crippen molar-refractivity contribution in [3.63, 3.8) is 0 Å². The second kappa shape index (κ2) is 5.67. The van der Waals surface area contributed by atoms with Crippen molar-refractivity contribution in [1.82, 2.24) is 9.55 Å². The largest absolute Gasteiger partial charge is 0.487 e. The molecule has 2 aromatic rings. The summed E-state index contributed by atoms with van der Waals surface area (Å²) in [7, 11) is 0. The smallest absolute Gasteiger partial charge is 0.130 e. The van der Waals surface area contributed by atoms with Crippen LogP contribution in [-0.2, 0) is 6.61 Å². The number of hydrogen-bond donors (Lipinski definition) is 1. The number of benzene rings is 1. The van der Waals surface area contributed by atoms with Gasteiger partial charge in [0.15, 0.2) is 0 Å². The predicted octanol–water partition coefficient (Wildman–Crippen LogP) is 3.21. The van der Waals surface area contributed by atoms with Crippen molar-refractivity contribution in [3.05, 3.63) is 48.0 Å². The number of ether oxygens (including phenoxy) is 1. The Bertz CT molecular complexity index is 557. The molecule has 4 heteroatoms. The van der Waals surface area contributed by atoms with E-state index in [4.69, 9.17) is 10.5 Å². The summed E-state index contributed by atoms with van der Waals surface area (Å²) >= 11 is 0. The second-order valence-electron chi connectivity index (χ2n) is 5.40. The average molecular weight is 271 g/mol. The van der Waals surface area contributed by atoms with Gasteiger partial charge in [-0.25, -0.2) is 4.98 Å². The molecule has 4 nitrogen and oxygen atoms in total. The lowest BCUT2D eigenvalue weighted by atomic mass is 10.1. The number of hydrogen-bond acceptors (Lipinski definition) is 3. The molecule has 1 fully saturated rings. The molecule has 1 heterocycles. The lowest BCUT2D eigenvalue weighted by molar-refractivity contribution is 0.294. The van der Waals surface area contributed by atoms with Crippen molar-refractivity contribution >= 4 is 0 Å². The van der Waals surface area contributed by atoms with E-state index in [2.05, 4.69) is 16.5 Å². The Kier molecular flexibility index (Phi) is 3.74. The minimum atomic E-state index is 0.111. The maximum absolute atomic E-state index is 6.00. The molecule has 0 spiro atoms. The van der Waals surface area contributed by atoms with Gasteiger partial charge in [-0.2, -0.15) is 0 Å². The first-order valence-corrected chi connectivity index (χ1v) is 7.27. The Morgan fingerprint density at radius 2 is 2.10 bits per heavy atom. The first-order chi connectivity index (χ1) is 9.78. The maximum atomic E-state index is 6.00. The van der Waals surface area contributed by atoms with Gasteiger partial charge >= 0.3 is 0 Å². The molecule has 1 aromatic heterocycles. The zero-order chi connectivity index (χ0) is 13.9. The quantitative estimate of drug-likeness (QED) is 0.877. The van der Waals surface area contributed by atoms with Crippen molar-refractivity contribution in [2.45, 2.75) is 44.9 Å². The Hall–Kier alpha value is -1.81. The maximum Gasteiger partial charge on any atom is 0.130 e. The summed E-state index contributed by atoms with van der Waals surface area (Å²) in [5.74, 6) is 0.876. The Morgan fingerprint density at radius 3 is 2.75 bits per heavy atom. The molecule has 1 aliphatic rings. The van der Waals surface area contributed by atoms with Crippen molar-refractivity contribution in [2.24, 2.45) is 5.73 Å². The minimum Gasteiger partial charge on any atom is -0.487 e. The fourth-order valence-electron chi connectivity index (χ4n) is 2.33. The summed E-state index contributed by atoms with van der Waals surface area (Å²) in [5, 5.41) is 0. The molecular formula is C16H21N3O. The first kappa shape index (κ1) is 13.2. The summed E-state index contributed by atoms with van der Waals surface area (Å²) in [5.41, 5.74) is 8.30. The summed E-state index contributed by atoms with van der Waals surface area (Å²) in [4.78, 5) is 4.21. The number of aromatic nitrogens is 2. The summed E-state index contributed by atoms with van der Waals surface area (Å²) in [6.07, 6.45) is 7.25. The van der Waals surface area contributed by atoms with Crippen LogP contribution in [-0.4, -0.2) is 9.55 Å². The van der Waals surface area contributed by atoms with E-state index in [1.54, 1.807) is 0 Å². The molecule has 1 aliphatic carbocycles. The summed E-state index contributed by atoms with van der Waals surface area (Å²) < 4.78 is 8.06. The van der Waals surface area contributed by atoms with Crippen LogP contribution in [0, 0.1) is 0 Å². The van der Waals surface area contributed by atoms with E-state index in [1.165, 1.54) is 12.8 Å². The molecule has 0 amide bonds. The highest BCUT2D eigenvalue weighted by molar-refractivity contribution is 5.29. The van der Waals surface area contributed by atoms with E-state index in [-0.39, 0.29) is 6.04 Å². The van der Waals surface area contributed by atoms with Gasteiger partial charge in [-0.1, -0.05) is 19.1 Å². The van der Waals surface area contributed by atoms with Crippen molar-refractivity contribution in [3.8, 4) is 5.75 Å². The fourth-order valence-corrected chi connectivity index (χ4v) is 2.33. The van der Waals surface area contributed by atoms with Gasteiger partial charge in [0.2, 0.25) is 0 Å². The van der Waals surface area contributed by atoms with Gasteiger partial charge in [0, 0.05) is 12.1 Å². The van der Waals surface area contributed by atoms with Gasteiger partial charge in [-0.15, -0.1) is 0 Å². The molecule has 1 atom stereocenters. The highest BCUT2D eigenvalue weighted by atomic mass is 16.5. The third-order valence-corrected chi connectivity index (χ3v) is 3.82. The van der Waals surface area contributed by atoms with Gasteiger partial charge in [-0.05, 0) is 37.0 Å². The molecule has 0 aliphatic heterocycles. The molecule has 0 radical (unpaired) electrons. The number of rotatable bonds is 6. The molecule has 1 unspecified atom stereocenters. The SMILES string of the molecule is CCC(N)c1ccc(OCc2cncn2C2CC2)cc1. The third kappa shape index (κ3) is 2.85. The zero-order valence-corrected chi connectivity index (χ0v) is 11.8. The second-order valence-corrected chi connectivity index (χ2v) is 5.40. The zero-order valence-electron chi connectivity index (χ0n) is 11.8. The van der Waals surface area contributed by atoms with Crippen LogP contribution < -0.4 is 10.5 Å². The molecule has 0 saturated heterocycles. The van der Waals surface area contributed by atoms with E-state index in [0.29, 0.717) is 12.6 Å². The van der Waals surface area contributed by atoms with Gasteiger partial charge in [-0.3, -0.25) is 0 Å². The number of imidazole rings is 1. The monoisotopic (exact) mass is 271 g/mol. The fraction of sp³-hybridized carbons (Fsp3) is 0.438. The normalized spacial score (nSPS) is 16.1. The molecular weight excluding hydrogens is 250 g/mol. The Morgan fingerprint density at radius 1 is 1.35 bits per heavy atom. The predicted molar refractivity (Wildman–Crippen MR) is 78.5 cm³/mol. The standard InChI is InChI=1S/C16H21N3O/c1-2-16(17)12-3-7-15(8-4-12)20-10-14-9-18-11-19(14)13-5-6-13/h3-4,7-9,11,13,16H,2,5-6,10,17H2,1H3. The van der Waals surface area contributed by atoms with Gasteiger partial charge in [0.1, 0.15) is 12.4 Å². The summed E-state index contributed by atoms with van der Waals surface area (Å²) in [6.45, 7) is 2.66. The molecule has 1 saturated carbocycles. The van der Waals surface area contributed by atoms with Crippen LogP contribution in [0.4, 0.5) is 0 Å². The van der Waals surface area contributed by atoms with Crippen molar-refractivity contribution in [1.29, 1.82) is 0 Å².